The van der Waals surface area contributed by atoms with Gasteiger partial charge in [-0.25, -0.2) is 4.79 Å². The van der Waals surface area contributed by atoms with Gasteiger partial charge in [0.25, 0.3) is 0 Å². The van der Waals surface area contributed by atoms with Gasteiger partial charge in [0.1, 0.15) is 17.9 Å². The van der Waals surface area contributed by atoms with Crippen molar-refractivity contribution in [2.75, 3.05) is 0 Å². The maximum Gasteiger partial charge on any atom is 0.408 e. The maximum atomic E-state index is 13.5. The van der Waals surface area contributed by atoms with Crippen molar-refractivity contribution < 1.29 is 19.4 Å². The molecule has 7 heteroatoms. The average molecular weight is 472 g/mol. The molecule has 180 valence electrons. The highest BCUT2D eigenvalue weighted by molar-refractivity contribution is 5.91. The summed E-state index contributed by atoms with van der Waals surface area (Å²) in [4.78, 5) is 29.5. The Morgan fingerprint density at radius 3 is 2.54 bits per heavy atom. The largest absolute Gasteiger partial charge is 0.508 e. The molecule has 3 aromatic carbocycles. The Morgan fingerprint density at radius 2 is 1.77 bits per heavy atom. The fraction of sp³-hybridized carbons (Fsp3) is 0.214. The van der Waals surface area contributed by atoms with Crippen molar-refractivity contribution in [2.24, 2.45) is 0 Å². The monoisotopic (exact) mass is 471 g/mol. The summed E-state index contributed by atoms with van der Waals surface area (Å²) < 4.78 is 5.38. The number of aromatic hydroxyl groups is 1. The van der Waals surface area contributed by atoms with Gasteiger partial charge < -0.3 is 25.5 Å². The van der Waals surface area contributed by atoms with E-state index in [0.717, 1.165) is 22.0 Å². The lowest BCUT2D eigenvalue weighted by Crippen LogP contribution is -2.58. The number of para-hydroxylation sites is 1. The van der Waals surface area contributed by atoms with Gasteiger partial charge in [0.05, 0.1) is 6.04 Å². The molecule has 35 heavy (non-hydrogen) atoms. The van der Waals surface area contributed by atoms with Crippen LogP contribution >= 0.6 is 0 Å². The van der Waals surface area contributed by atoms with Crippen LogP contribution in [0.4, 0.5) is 4.79 Å². The van der Waals surface area contributed by atoms with Gasteiger partial charge in [-0.2, -0.15) is 0 Å². The number of rotatable bonds is 8. The number of alkyl carbamates (subject to hydrolysis) is 1. The zero-order chi connectivity index (χ0) is 24.8. The topological polar surface area (TPSA) is 103 Å². The molecule has 2 amide bonds. The first-order chi connectivity index (χ1) is 16.8. The molecule has 4 aromatic rings. The van der Waals surface area contributed by atoms with Gasteiger partial charge in [-0.15, -0.1) is 0 Å². The number of hydrogen-bond acceptors (Lipinski definition) is 4. The summed E-state index contributed by atoms with van der Waals surface area (Å²) >= 11 is 0. The van der Waals surface area contributed by atoms with E-state index in [1.54, 1.807) is 25.1 Å². The second kappa shape index (κ2) is 10.3. The smallest absolute Gasteiger partial charge is 0.408 e. The number of carbonyl (C=O) groups excluding carboxylic acids is 2. The Balaban J connectivity index is 1.54. The Bertz CT molecular complexity index is 1320. The lowest BCUT2D eigenvalue weighted by molar-refractivity contribution is -0.127. The zero-order valence-electron chi connectivity index (χ0n) is 19.7. The molecule has 0 unspecified atom stereocenters. The van der Waals surface area contributed by atoms with Gasteiger partial charge in [0.2, 0.25) is 5.91 Å². The number of ether oxygens (including phenoxy) is 1. The van der Waals surface area contributed by atoms with Crippen LogP contribution in [0.2, 0.25) is 0 Å². The normalized spacial score (nSPS) is 13.5. The minimum absolute atomic E-state index is 0.0363. The molecule has 0 saturated heterocycles. The fourth-order valence-corrected chi connectivity index (χ4v) is 4.08. The summed E-state index contributed by atoms with van der Waals surface area (Å²) in [5.41, 5.74) is 2.17. The number of carbonyl (C=O) groups is 2. The summed E-state index contributed by atoms with van der Waals surface area (Å²) in [6.07, 6.45) is 1.39. The molecule has 0 saturated carbocycles. The molecular weight excluding hydrogens is 442 g/mol. The van der Waals surface area contributed by atoms with E-state index in [1.807, 2.05) is 67.7 Å². The third-order valence-corrected chi connectivity index (χ3v) is 6.03. The van der Waals surface area contributed by atoms with Crippen LogP contribution in [0.1, 0.15) is 36.6 Å². The van der Waals surface area contributed by atoms with E-state index in [-0.39, 0.29) is 30.7 Å². The molecule has 1 heterocycles. The van der Waals surface area contributed by atoms with Crippen LogP contribution in [-0.4, -0.2) is 27.6 Å². The van der Waals surface area contributed by atoms with Crippen molar-refractivity contribution in [3.05, 3.63) is 102 Å². The van der Waals surface area contributed by atoms with Crippen molar-refractivity contribution in [1.29, 1.82) is 0 Å². The molecule has 0 radical (unpaired) electrons. The zero-order valence-corrected chi connectivity index (χ0v) is 19.7. The molecule has 0 aliphatic heterocycles. The third kappa shape index (κ3) is 5.81. The van der Waals surface area contributed by atoms with Gasteiger partial charge in [-0.05, 0) is 48.7 Å². The van der Waals surface area contributed by atoms with Crippen molar-refractivity contribution in [3.8, 4) is 5.75 Å². The molecule has 0 fully saturated rings. The lowest BCUT2D eigenvalue weighted by Gasteiger charge is -2.31. The SMILES string of the molecule is C[C@H](NC(=O)[C@@](C)(Cc1c[nH]c2ccccc12)NC(=O)OCc1cccc(O)c1)c1ccccc1. The number of fused-ring (bicyclic) bond motifs is 1. The first kappa shape index (κ1) is 23.9. The number of benzene rings is 3. The highest BCUT2D eigenvalue weighted by atomic mass is 16.5. The number of amides is 2. The van der Waals surface area contributed by atoms with Crippen molar-refractivity contribution >= 4 is 22.9 Å². The summed E-state index contributed by atoms with van der Waals surface area (Å²) in [7, 11) is 0. The maximum absolute atomic E-state index is 13.5. The van der Waals surface area contributed by atoms with Crippen molar-refractivity contribution in [2.45, 2.75) is 38.5 Å². The molecule has 1 aromatic heterocycles. The first-order valence-electron chi connectivity index (χ1n) is 11.5. The van der Waals surface area contributed by atoms with Crippen LogP contribution < -0.4 is 10.6 Å². The second-order valence-electron chi connectivity index (χ2n) is 8.85. The quantitative estimate of drug-likeness (QED) is 0.291. The molecule has 0 aliphatic rings. The Labute approximate surface area is 204 Å². The standard InChI is InChI=1S/C28H29N3O4/c1-19(21-10-4-3-5-11-21)30-26(33)28(2,16-22-17-29-25-14-7-6-13-24(22)25)31-27(34)35-18-20-9-8-12-23(32)15-20/h3-15,17,19,29,32H,16,18H2,1-2H3,(H,30,33)(H,31,34)/t19-,28+/m0/s1. The molecule has 0 bridgehead atoms. The number of hydrogen-bond donors (Lipinski definition) is 4. The van der Waals surface area contributed by atoms with Crippen LogP contribution in [0.5, 0.6) is 5.75 Å². The predicted octanol–water partition coefficient (Wildman–Crippen LogP) is 4.98. The molecule has 0 aliphatic carbocycles. The summed E-state index contributed by atoms with van der Waals surface area (Å²) in [5.74, 6) is -0.238. The number of nitrogens with one attached hydrogen (secondary N) is 3. The third-order valence-electron chi connectivity index (χ3n) is 6.03. The number of aromatic nitrogens is 1. The summed E-state index contributed by atoms with van der Waals surface area (Å²) in [6.45, 7) is 3.56. The second-order valence-corrected chi connectivity index (χ2v) is 8.85. The van der Waals surface area contributed by atoms with Crippen LogP contribution in [0.3, 0.4) is 0 Å². The van der Waals surface area contributed by atoms with E-state index >= 15 is 0 Å². The highest BCUT2D eigenvalue weighted by Crippen LogP contribution is 2.24. The van der Waals surface area contributed by atoms with E-state index < -0.39 is 11.6 Å². The highest BCUT2D eigenvalue weighted by Gasteiger charge is 2.37. The molecule has 7 nitrogen and oxygen atoms in total. The van der Waals surface area contributed by atoms with E-state index in [9.17, 15) is 14.7 Å². The molecule has 2 atom stereocenters. The molecule has 4 rings (SSSR count). The average Bonchev–Trinajstić information content (AvgIpc) is 3.25. The van der Waals surface area contributed by atoms with Crippen LogP contribution in [0.15, 0.2) is 85.1 Å². The minimum Gasteiger partial charge on any atom is -0.508 e. The van der Waals surface area contributed by atoms with E-state index in [0.29, 0.717) is 5.56 Å². The first-order valence-corrected chi connectivity index (χ1v) is 11.5. The number of aromatic amines is 1. The van der Waals surface area contributed by atoms with Gasteiger partial charge in [-0.3, -0.25) is 4.79 Å². The van der Waals surface area contributed by atoms with Crippen molar-refractivity contribution in [1.82, 2.24) is 15.6 Å². The number of H-pyrrole nitrogens is 1. The Kier molecular flexibility index (Phi) is 7.06. The van der Waals surface area contributed by atoms with Gasteiger partial charge >= 0.3 is 6.09 Å². The Morgan fingerprint density at radius 1 is 1.03 bits per heavy atom. The molecule has 0 spiro atoms. The van der Waals surface area contributed by atoms with Gasteiger partial charge in [0, 0.05) is 23.5 Å². The summed E-state index contributed by atoms with van der Waals surface area (Å²) in [6, 6.07) is 23.7. The van der Waals surface area contributed by atoms with Gasteiger partial charge in [-0.1, -0.05) is 60.7 Å². The van der Waals surface area contributed by atoms with E-state index in [2.05, 4.69) is 15.6 Å². The van der Waals surface area contributed by atoms with Crippen molar-refractivity contribution in [3.63, 3.8) is 0 Å². The predicted molar refractivity (Wildman–Crippen MR) is 135 cm³/mol. The Hall–Kier alpha value is -4.26. The fourth-order valence-electron chi connectivity index (χ4n) is 4.08. The minimum atomic E-state index is -1.29. The van der Waals surface area contributed by atoms with E-state index in [1.165, 1.54) is 6.07 Å². The van der Waals surface area contributed by atoms with Crippen LogP contribution in [0, 0.1) is 0 Å². The van der Waals surface area contributed by atoms with Crippen LogP contribution in [-0.2, 0) is 22.6 Å². The molecular formula is C28H29N3O4. The number of phenolic OH excluding ortho intramolecular Hbond substituents is 1. The number of phenols is 1. The summed E-state index contributed by atoms with van der Waals surface area (Å²) in [5, 5.41) is 16.4. The van der Waals surface area contributed by atoms with E-state index in [4.69, 9.17) is 4.74 Å². The lowest BCUT2D eigenvalue weighted by atomic mass is 9.91. The van der Waals surface area contributed by atoms with Gasteiger partial charge in [0.15, 0.2) is 0 Å². The van der Waals surface area contributed by atoms with Crippen LogP contribution in [0.25, 0.3) is 10.9 Å². The molecule has 4 N–H and O–H groups in total.